The van der Waals surface area contributed by atoms with E-state index in [2.05, 4.69) is 15.5 Å². The molecule has 5 heteroatoms. The van der Waals surface area contributed by atoms with Crippen molar-refractivity contribution < 1.29 is 9.59 Å². The van der Waals surface area contributed by atoms with Crippen LogP contribution in [0.15, 0.2) is 0 Å². The molecule has 0 aromatic rings. The van der Waals surface area contributed by atoms with Crippen LogP contribution < -0.4 is 10.6 Å². The Kier molecular flexibility index (Phi) is 7.93. The van der Waals surface area contributed by atoms with Crippen LogP contribution in [0.1, 0.15) is 116 Å². The Morgan fingerprint density at radius 2 is 1.50 bits per heavy atom. The molecule has 6 fully saturated rings. The standard InChI is InChI=1S/C31H51N3O2/c35-27-16-9-19-34(27)20-25-28(31(36)33-29(23-17-18-23)21-10-3-1-4-11-21)24-14-7-8-15-26(24)32-30(25)22-12-5-2-6-13-22/h21-26,28-30,32H,1-20H2,(H,33,36)/t24?,25?,26?,28?,29-,30?/m1/s1. The summed E-state index contributed by atoms with van der Waals surface area (Å²) in [4.78, 5) is 29.4. The van der Waals surface area contributed by atoms with Gasteiger partial charge < -0.3 is 15.5 Å². The van der Waals surface area contributed by atoms with E-state index in [1.165, 1.54) is 103 Å². The minimum atomic E-state index is 0.0710. The molecule has 0 bridgehead atoms. The number of fused-ring (bicyclic) bond motifs is 1. The Labute approximate surface area is 219 Å². The molecule has 6 rings (SSSR count). The van der Waals surface area contributed by atoms with Crippen molar-refractivity contribution in [3.05, 3.63) is 0 Å². The van der Waals surface area contributed by atoms with Gasteiger partial charge in [-0.05, 0) is 81.5 Å². The molecule has 36 heavy (non-hydrogen) atoms. The Hall–Kier alpha value is -1.10. The fraction of sp³-hybridized carbons (Fsp3) is 0.935. The Morgan fingerprint density at radius 3 is 2.19 bits per heavy atom. The van der Waals surface area contributed by atoms with Crippen molar-refractivity contribution in [1.82, 2.24) is 15.5 Å². The van der Waals surface area contributed by atoms with E-state index in [1.54, 1.807) is 0 Å². The first-order valence-corrected chi connectivity index (χ1v) is 16.0. The van der Waals surface area contributed by atoms with Crippen LogP contribution in [0.25, 0.3) is 0 Å². The number of hydrogen-bond donors (Lipinski definition) is 2. The molecule has 4 aliphatic carbocycles. The van der Waals surface area contributed by atoms with Crippen LogP contribution in [0.5, 0.6) is 0 Å². The van der Waals surface area contributed by atoms with Crippen molar-refractivity contribution in [2.75, 3.05) is 13.1 Å². The highest BCUT2D eigenvalue weighted by molar-refractivity contribution is 5.81. The molecule has 2 saturated heterocycles. The summed E-state index contributed by atoms with van der Waals surface area (Å²) in [6.45, 7) is 1.69. The Morgan fingerprint density at radius 1 is 0.833 bits per heavy atom. The maximum atomic E-state index is 14.5. The number of carbonyl (C=O) groups is 2. The van der Waals surface area contributed by atoms with Crippen molar-refractivity contribution >= 4 is 11.8 Å². The average Bonchev–Trinajstić information content (AvgIpc) is 3.69. The zero-order valence-corrected chi connectivity index (χ0v) is 22.6. The van der Waals surface area contributed by atoms with Crippen LogP contribution in [-0.4, -0.2) is 47.9 Å². The minimum absolute atomic E-state index is 0.0710. The van der Waals surface area contributed by atoms with Gasteiger partial charge in [0, 0.05) is 49.5 Å². The molecular weight excluding hydrogens is 446 g/mol. The molecule has 0 radical (unpaired) electrons. The molecule has 2 amide bonds. The number of rotatable bonds is 7. The predicted molar refractivity (Wildman–Crippen MR) is 143 cm³/mol. The van der Waals surface area contributed by atoms with E-state index >= 15 is 0 Å². The molecule has 6 atom stereocenters. The summed E-state index contributed by atoms with van der Waals surface area (Å²) in [6.07, 6.45) is 22.5. The summed E-state index contributed by atoms with van der Waals surface area (Å²) in [5.41, 5.74) is 0. The number of piperidine rings is 1. The lowest BCUT2D eigenvalue weighted by Crippen LogP contribution is -2.65. The molecule has 0 spiro atoms. The van der Waals surface area contributed by atoms with Crippen LogP contribution >= 0.6 is 0 Å². The number of carbonyl (C=O) groups excluding carboxylic acids is 2. The van der Waals surface area contributed by atoms with Crippen molar-refractivity contribution in [2.45, 2.75) is 134 Å². The van der Waals surface area contributed by atoms with Gasteiger partial charge in [0.1, 0.15) is 0 Å². The van der Waals surface area contributed by atoms with Gasteiger partial charge in [-0.1, -0.05) is 51.4 Å². The van der Waals surface area contributed by atoms with Crippen molar-refractivity contribution in [1.29, 1.82) is 0 Å². The largest absolute Gasteiger partial charge is 0.353 e. The maximum absolute atomic E-state index is 14.5. The second kappa shape index (κ2) is 11.3. The topological polar surface area (TPSA) is 61.4 Å². The highest BCUT2D eigenvalue weighted by Gasteiger charge is 2.52. The zero-order chi connectivity index (χ0) is 24.5. The van der Waals surface area contributed by atoms with Crippen molar-refractivity contribution in [3.63, 3.8) is 0 Å². The number of likely N-dealkylation sites (tertiary alicyclic amines) is 1. The SMILES string of the molecule is O=C(N[C@H](C1CCCCC1)C1CC1)C1C2CCCCC2NC(C2CCCCC2)C1CN1CCCC1=O. The summed E-state index contributed by atoms with van der Waals surface area (Å²) in [6, 6.07) is 1.28. The number of amides is 2. The van der Waals surface area contributed by atoms with E-state index in [1.807, 2.05) is 0 Å². The van der Waals surface area contributed by atoms with Gasteiger partial charge in [0.15, 0.2) is 0 Å². The summed E-state index contributed by atoms with van der Waals surface area (Å²) in [7, 11) is 0. The molecule has 5 unspecified atom stereocenters. The van der Waals surface area contributed by atoms with E-state index in [0.29, 0.717) is 60.0 Å². The zero-order valence-electron chi connectivity index (χ0n) is 22.6. The summed E-state index contributed by atoms with van der Waals surface area (Å²) in [5, 5.41) is 7.95. The van der Waals surface area contributed by atoms with Gasteiger partial charge in [-0.25, -0.2) is 0 Å². The number of nitrogens with one attached hydrogen (secondary N) is 2. The summed E-state index contributed by atoms with van der Waals surface area (Å²) < 4.78 is 0. The summed E-state index contributed by atoms with van der Waals surface area (Å²) >= 11 is 0. The fourth-order valence-electron chi connectivity index (χ4n) is 9.28. The molecular formula is C31H51N3O2. The van der Waals surface area contributed by atoms with Gasteiger partial charge in [-0.15, -0.1) is 0 Å². The highest BCUT2D eigenvalue weighted by Crippen LogP contribution is 2.46. The third-order valence-corrected chi connectivity index (χ3v) is 11.3. The maximum Gasteiger partial charge on any atom is 0.224 e. The first-order chi connectivity index (χ1) is 17.7. The van der Waals surface area contributed by atoms with Crippen LogP contribution in [0.4, 0.5) is 0 Å². The van der Waals surface area contributed by atoms with E-state index in [-0.39, 0.29) is 11.8 Å². The molecule has 6 aliphatic rings. The molecule has 0 aromatic heterocycles. The lowest BCUT2D eigenvalue weighted by Gasteiger charge is -2.53. The smallest absolute Gasteiger partial charge is 0.224 e. The molecule has 2 heterocycles. The van der Waals surface area contributed by atoms with Crippen LogP contribution in [0.3, 0.4) is 0 Å². The van der Waals surface area contributed by atoms with E-state index in [9.17, 15) is 9.59 Å². The average molecular weight is 498 g/mol. The van der Waals surface area contributed by atoms with Gasteiger partial charge in [0.05, 0.1) is 0 Å². The van der Waals surface area contributed by atoms with E-state index in [4.69, 9.17) is 0 Å². The number of nitrogens with zero attached hydrogens (tertiary/aromatic N) is 1. The van der Waals surface area contributed by atoms with Crippen molar-refractivity contribution in [2.24, 2.45) is 35.5 Å². The lowest BCUT2D eigenvalue weighted by atomic mass is 9.62. The van der Waals surface area contributed by atoms with E-state index in [0.717, 1.165) is 19.5 Å². The monoisotopic (exact) mass is 497 g/mol. The van der Waals surface area contributed by atoms with Crippen molar-refractivity contribution in [3.8, 4) is 0 Å². The molecule has 5 nitrogen and oxygen atoms in total. The number of hydrogen-bond acceptors (Lipinski definition) is 3. The van der Waals surface area contributed by atoms with Crippen LogP contribution in [0.2, 0.25) is 0 Å². The predicted octanol–water partition coefficient (Wildman–Crippen LogP) is 5.43. The Bertz CT molecular complexity index is 770. The minimum Gasteiger partial charge on any atom is -0.353 e. The van der Waals surface area contributed by atoms with Crippen LogP contribution in [0, 0.1) is 35.5 Å². The van der Waals surface area contributed by atoms with Gasteiger partial charge in [0.2, 0.25) is 11.8 Å². The quantitative estimate of drug-likeness (QED) is 0.493. The molecule has 0 aromatic carbocycles. The molecule has 4 saturated carbocycles. The summed E-state index contributed by atoms with van der Waals surface area (Å²) in [5.74, 6) is 3.53. The first kappa shape index (κ1) is 25.2. The van der Waals surface area contributed by atoms with E-state index < -0.39 is 0 Å². The van der Waals surface area contributed by atoms with Gasteiger partial charge in [-0.2, -0.15) is 0 Å². The lowest BCUT2D eigenvalue weighted by molar-refractivity contribution is -0.138. The van der Waals surface area contributed by atoms with Crippen LogP contribution in [-0.2, 0) is 9.59 Å². The molecule has 2 aliphatic heterocycles. The fourth-order valence-corrected chi connectivity index (χ4v) is 9.28. The van der Waals surface area contributed by atoms with Gasteiger partial charge in [0.25, 0.3) is 0 Å². The molecule has 2 N–H and O–H groups in total. The third-order valence-electron chi connectivity index (χ3n) is 11.3. The highest BCUT2D eigenvalue weighted by atomic mass is 16.2. The second-order valence-electron chi connectivity index (χ2n) is 13.5. The normalized spacial score (nSPS) is 37.5. The van der Waals surface area contributed by atoms with Gasteiger partial charge in [-0.3, -0.25) is 9.59 Å². The van der Waals surface area contributed by atoms with Gasteiger partial charge >= 0.3 is 0 Å². The third kappa shape index (κ3) is 5.38. The molecule has 202 valence electrons. The first-order valence-electron chi connectivity index (χ1n) is 16.0. The second-order valence-corrected chi connectivity index (χ2v) is 13.5. The Balaban J connectivity index is 1.28.